The SMILES string of the molecule is COc1ccc(CCN2C(=O)C(=O)/C(=C(\O)c3ccc(Cl)cc3)C2c2ccc(OC)cc2)cc1. The first-order chi connectivity index (χ1) is 16.4. The minimum Gasteiger partial charge on any atom is -0.507 e. The van der Waals surface area contributed by atoms with E-state index in [0.717, 1.165) is 11.3 Å². The summed E-state index contributed by atoms with van der Waals surface area (Å²) in [4.78, 5) is 27.7. The van der Waals surface area contributed by atoms with Crippen molar-refractivity contribution in [2.45, 2.75) is 12.5 Å². The van der Waals surface area contributed by atoms with Gasteiger partial charge in [-0.25, -0.2) is 0 Å². The number of carbonyl (C=O) groups excluding carboxylic acids is 2. The Labute approximate surface area is 203 Å². The van der Waals surface area contributed by atoms with Crippen LogP contribution in [0.4, 0.5) is 0 Å². The van der Waals surface area contributed by atoms with Gasteiger partial charge in [0.2, 0.25) is 0 Å². The minimum atomic E-state index is -0.736. The van der Waals surface area contributed by atoms with Gasteiger partial charge in [-0.3, -0.25) is 9.59 Å². The highest BCUT2D eigenvalue weighted by Crippen LogP contribution is 2.40. The number of likely N-dealkylation sites (tertiary alicyclic amines) is 1. The number of aliphatic hydroxyl groups excluding tert-OH is 1. The summed E-state index contributed by atoms with van der Waals surface area (Å²) in [6, 6.07) is 20.4. The number of carbonyl (C=O) groups is 2. The molecule has 3 aromatic rings. The van der Waals surface area contributed by atoms with E-state index in [0.29, 0.717) is 34.9 Å². The van der Waals surface area contributed by atoms with Crippen molar-refractivity contribution in [1.82, 2.24) is 4.90 Å². The maximum absolute atomic E-state index is 13.1. The Kier molecular flexibility index (Phi) is 6.89. The number of methoxy groups -OCH3 is 2. The van der Waals surface area contributed by atoms with Gasteiger partial charge in [-0.1, -0.05) is 35.9 Å². The second-order valence-electron chi connectivity index (χ2n) is 7.87. The van der Waals surface area contributed by atoms with Gasteiger partial charge in [0.15, 0.2) is 0 Å². The van der Waals surface area contributed by atoms with Gasteiger partial charge in [-0.15, -0.1) is 0 Å². The Morgan fingerprint density at radius 3 is 2.00 bits per heavy atom. The van der Waals surface area contributed by atoms with E-state index in [1.165, 1.54) is 4.90 Å². The fourth-order valence-electron chi connectivity index (χ4n) is 4.05. The van der Waals surface area contributed by atoms with Crippen molar-refractivity contribution < 1.29 is 24.2 Å². The maximum atomic E-state index is 13.1. The van der Waals surface area contributed by atoms with Crippen molar-refractivity contribution in [3.63, 3.8) is 0 Å². The zero-order valence-corrected chi connectivity index (χ0v) is 19.6. The zero-order valence-electron chi connectivity index (χ0n) is 18.8. The van der Waals surface area contributed by atoms with E-state index in [4.69, 9.17) is 21.1 Å². The van der Waals surface area contributed by atoms with Crippen LogP contribution in [0.2, 0.25) is 5.02 Å². The Morgan fingerprint density at radius 1 is 0.882 bits per heavy atom. The molecular weight excluding hydrogens is 454 g/mol. The first-order valence-corrected chi connectivity index (χ1v) is 11.1. The molecule has 0 aromatic heterocycles. The summed E-state index contributed by atoms with van der Waals surface area (Å²) < 4.78 is 10.4. The van der Waals surface area contributed by atoms with Gasteiger partial charge in [0.1, 0.15) is 17.3 Å². The quantitative estimate of drug-likeness (QED) is 0.294. The second-order valence-corrected chi connectivity index (χ2v) is 8.31. The molecule has 1 heterocycles. The largest absolute Gasteiger partial charge is 0.507 e. The molecule has 1 amide bonds. The lowest BCUT2D eigenvalue weighted by Gasteiger charge is -2.25. The van der Waals surface area contributed by atoms with Gasteiger partial charge < -0.3 is 19.5 Å². The van der Waals surface area contributed by atoms with Gasteiger partial charge in [-0.2, -0.15) is 0 Å². The molecule has 0 spiro atoms. The lowest BCUT2D eigenvalue weighted by Crippen LogP contribution is -2.31. The van der Waals surface area contributed by atoms with E-state index in [9.17, 15) is 14.7 Å². The fourth-order valence-corrected chi connectivity index (χ4v) is 4.17. The van der Waals surface area contributed by atoms with Crippen LogP contribution in [0.25, 0.3) is 5.76 Å². The average molecular weight is 478 g/mol. The van der Waals surface area contributed by atoms with Crippen LogP contribution in [0.3, 0.4) is 0 Å². The van der Waals surface area contributed by atoms with Crippen LogP contribution >= 0.6 is 11.6 Å². The molecule has 3 aromatic carbocycles. The monoisotopic (exact) mass is 477 g/mol. The predicted molar refractivity (Wildman–Crippen MR) is 130 cm³/mol. The molecule has 0 aliphatic carbocycles. The maximum Gasteiger partial charge on any atom is 0.295 e. The Balaban J connectivity index is 1.73. The molecule has 1 fully saturated rings. The number of ketones is 1. The van der Waals surface area contributed by atoms with Crippen molar-refractivity contribution in [2.24, 2.45) is 0 Å². The lowest BCUT2D eigenvalue weighted by atomic mass is 9.95. The summed E-state index contributed by atoms with van der Waals surface area (Å²) in [6.07, 6.45) is 0.532. The highest BCUT2D eigenvalue weighted by molar-refractivity contribution is 6.46. The molecule has 0 bridgehead atoms. The van der Waals surface area contributed by atoms with Gasteiger partial charge in [-0.05, 0) is 66.1 Å². The average Bonchev–Trinajstić information content (AvgIpc) is 3.12. The van der Waals surface area contributed by atoms with Crippen LogP contribution < -0.4 is 9.47 Å². The Hall–Kier alpha value is -3.77. The van der Waals surface area contributed by atoms with Crippen molar-refractivity contribution in [3.05, 3.63) is 100 Å². The molecular formula is C27H24ClNO5. The number of ether oxygens (including phenoxy) is 2. The van der Waals surface area contributed by atoms with Crippen LogP contribution in [-0.4, -0.2) is 42.5 Å². The molecule has 34 heavy (non-hydrogen) atoms. The topological polar surface area (TPSA) is 76.1 Å². The van der Waals surface area contributed by atoms with Gasteiger partial charge in [0.05, 0.1) is 25.8 Å². The molecule has 1 aliphatic rings. The molecule has 174 valence electrons. The van der Waals surface area contributed by atoms with Crippen molar-refractivity contribution in [3.8, 4) is 11.5 Å². The molecule has 1 aliphatic heterocycles. The molecule has 7 heteroatoms. The van der Waals surface area contributed by atoms with Gasteiger partial charge in [0, 0.05) is 17.1 Å². The minimum absolute atomic E-state index is 0.0484. The van der Waals surface area contributed by atoms with E-state index in [2.05, 4.69) is 0 Å². The molecule has 0 radical (unpaired) electrons. The molecule has 1 unspecified atom stereocenters. The lowest BCUT2D eigenvalue weighted by molar-refractivity contribution is -0.139. The predicted octanol–water partition coefficient (Wildman–Crippen LogP) is 5.02. The number of benzene rings is 3. The number of halogens is 1. The number of nitrogens with zero attached hydrogens (tertiary/aromatic N) is 1. The van der Waals surface area contributed by atoms with Crippen LogP contribution in [-0.2, 0) is 16.0 Å². The van der Waals surface area contributed by atoms with E-state index in [-0.39, 0.29) is 11.3 Å². The van der Waals surface area contributed by atoms with Crippen molar-refractivity contribution in [1.29, 1.82) is 0 Å². The van der Waals surface area contributed by atoms with E-state index in [1.54, 1.807) is 62.8 Å². The number of rotatable bonds is 7. The summed E-state index contributed by atoms with van der Waals surface area (Å²) in [5, 5.41) is 11.6. The molecule has 6 nitrogen and oxygen atoms in total. The summed E-state index contributed by atoms with van der Waals surface area (Å²) in [5.74, 6) is -0.211. The smallest absolute Gasteiger partial charge is 0.295 e. The van der Waals surface area contributed by atoms with Gasteiger partial charge in [0.25, 0.3) is 11.7 Å². The van der Waals surface area contributed by atoms with E-state index < -0.39 is 17.7 Å². The number of Topliss-reactive ketones (excluding diaryl/α,β-unsaturated/α-hetero) is 1. The zero-order chi connectivity index (χ0) is 24.2. The highest BCUT2D eigenvalue weighted by Gasteiger charge is 2.45. The first-order valence-electron chi connectivity index (χ1n) is 10.7. The van der Waals surface area contributed by atoms with Crippen LogP contribution in [0.15, 0.2) is 78.4 Å². The number of hydrogen-bond donors (Lipinski definition) is 1. The van der Waals surface area contributed by atoms with Crippen molar-refractivity contribution in [2.75, 3.05) is 20.8 Å². The van der Waals surface area contributed by atoms with Crippen LogP contribution in [0.5, 0.6) is 11.5 Å². The van der Waals surface area contributed by atoms with Crippen LogP contribution in [0, 0.1) is 0 Å². The number of hydrogen-bond acceptors (Lipinski definition) is 5. The summed E-state index contributed by atoms with van der Waals surface area (Å²) in [5.41, 5.74) is 2.16. The molecule has 0 saturated carbocycles. The van der Waals surface area contributed by atoms with Crippen molar-refractivity contribution >= 4 is 29.1 Å². The van der Waals surface area contributed by atoms with E-state index in [1.807, 2.05) is 24.3 Å². The molecule has 4 rings (SSSR count). The van der Waals surface area contributed by atoms with Gasteiger partial charge >= 0.3 is 0 Å². The highest BCUT2D eigenvalue weighted by atomic mass is 35.5. The number of amides is 1. The third-order valence-corrected chi connectivity index (χ3v) is 6.14. The molecule has 1 saturated heterocycles. The Morgan fingerprint density at radius 2 is 1.44 bits per heavy atom. The third kappa shape index (κ3) is 4.63. The number of aliphatic hydroxyl groups is 1. The summed E-state index contributed by atoms with van der Waals surface area (Å²) >= 11 is 5.98. The first kappa shape index (κ1) is 23.4. The molecule has 1 atom stereocenters. The standard InChI is InChI=1S/C27H24ClNO5/c1-33-21-11-3-17(4-12-21)15-16-29-24(18-7-13-22(34-2)14-8-18)23(26(31)27(29)32)25(30)19-5-9-20(28)10-6-19/h3-14,24,30H,15-16H2,1-2H3/b25-23-. The van der Waals surface area contributed by atoms with Crippen LogP contribution in [0.1, 0.15) is 22.7 Å². The third-order valence-electron chi connectivity index (χ3n) is 5.89. The normalized spacial score (nSPS) is 17.1. The molecule has 1 N–H and O–H groups in total. The second kappa shape index (κ2) is 10.0. The van der Waals surface area contributed by atoms with E-state index >= 15 is 0 Å². The Bertz CT molecular complexity index is 1220. The summed E-state index contributed by atoms with van der Waals surface area (Å²) in [6.45, 7) is 0.297. The fraction of sp³-hybridized carbons (Fsp3) is 0.185. The summed E-state index contributed by atoms with van der Waals surface area (Å²) in [7, 11) is 3.17.